The Labute approximate surface area is 122 Å². The maximum Gasteiger partial charge on any atom is 0.122 e. The van der Waals surface area contributed by atoms with E-state index < -0.39 is 6.10 Å². The summed E-state index contributed by atoms with van der Waals surface area (Å²) in [5, 5.41) is 9.62. The molecule has 0 aliphatic heterocycles. The van der Waals surface area contributed by atoms with Crippen LogP contribution in [0.4, 0.5) is 0 Å². The number of methoxy groups -OCH3 is 1. The van der Waals surface area contributed by atoms with Crippen molar-refractivity contribution in [1.82, 2.24) is 4.90 Å². The summed E-state index contributed by atoms with van der Waals surface area (Å²) in [6.45, 7) is 6.71. The van der Waals surface area contributed by atoms with Crippen LogP contribution in [0.25, 0.3) is 0 Å². The summed E-state index contributed by atoms with van der Waals surface area (Å²) in [4.78, 5) is 2.09. The number of nitrogens with zero attached hydrogens (tertiary/aromatic N) is 1. The molecule has 114 valence electrons. The lowest BCUT2D eigenvalue weighted by atomic mass is 10.1. The maximum absolute atomic E-state index is 9.62. The van der Waals surface area contributed by atoms with Crippen molar-refractivity contribution in [3.8, 4) is 5.75 Å². The molecule has 0 radical (unpaired) electrons. The zero-order valence-corrected chi connectivity index (χ0v) is 13.1. The second-order valence-electron chi connectivity index (χ2n) is 5.34. The molecule has 1 N–H and O–H groups in total. The molecule has 1 aromatic rings. The Balaban J connectivity index is 2.22. The van der Waals surface area contributed by atoms with Crippen LogP contribution in [0.3, 0.4) is 0 Å². The summed E-state index contributed by atoms with van der Waals surface area (Å²) < 4.78 is 10.7. The van der Waals surface area contributed by atoms with Crippen LogP contribution in [0.5, 0.6) is 5.75 Å². The average molecular weight is 281 g/mol. The molecular formula is C16H27NO3. The Morgan fingerprint density at radius 1 is 1.30 bits per heavy atom. The van der Waals surface area contributed by atoms with Crippen molar-refractivity contribution in [2.45, 2.75) is 26.4 Å². The van der Waals surface area contributed by atoms with Gasteiger partial charge in [0.25, 0.3) is 0 Å². The number of aliphatic hydroxyl groups excluding tert-OH is 1. The van der Waals surface area contributed by atoms with Gasteiger partial charge in [0.2, 0.25) is 0 Å². The van der Waals surface area contributed by atoms with Crippen molar-refractivity contribution >= 4 is 0 Å². The van der Waals surface area contributed by atoms with Crippen LogP contribution in [0, 0.1) is 13.8 Å². The van der Waals surface area contributed by atoms with E-state index in [1.165, 1.54) is 11.1 Å². The van der Waals surface area contributed by atoms with Crippen molar-refractivity contribution < 1.29 is 14.6 Å². The third kappa shape index (κ3) is 6.37. The number of rotatable bonds is 9. The van der Waals surface area contributed by atoms with Gasteiger partial charge in [0.1, 0.15) is 5.75 Å². The summed E-state index contributed by atoms with van der Waals surface area (Å²) in [7, 11) is 3.60. The zero-order valence-electron chi connectivity index (χ0n) is 13.1. The molecule has 0 aromatic heterocycles. The van der Waals surface area contributed by atoms with Crippen LogP contribution in [0.15, 0.2) is 18.2 Å². The molecule has 0 aliphatic rings. The van der Waals surface area contributed by atoms with Gasteiger partial charge in [-0.15, -0.1) is 0 Å². The first kappa shape index (κ1) is 17.0. The van der Waals surface area contributed by atoms with Gasteiger partial charge in [-0.2, -0.15) is 0 Å². The summed E-state index contributed by atoms with van der Waals surface area (Å²) in [5.74, 6) is 0.965. The molecule has 0 saturated heterocycles. The molecule has 0 spiro atoms. The number of hydrogen-bond acceptors (Lipinski definition) is 4. The smallest absolute Gasteiger partial charge is 0.122 e. The highest BCUT2D eigenvalue weighted by atomic mass is 16.5. The fourth-order valence-electron chi connectivity index (χ4n) is 2.08. The predicted molar refractivity (Wildman–Crippen MR) is 81.4 cm³/mol. The van der Waals surface area contributed by atoms with Crippen molar-refractivity contribution in [2.75, 3.05) is 40.5 Å². The lowest BCUT2D eigenvalue weighted by Gasteiger charge is -2.20. The van der Waals surface area contributed by atoms with Crippen LogP contribution in [-0.4, -0.2) is 56.6 Å². The van der Waals surface area contributed by atoms with E-state index in [-0.39, 0.29) is 0 Å². The van der Waals surface area contributed by atoms with E-state index >= 15 is 0 Å². The van der Waals surface area contributed by atoms with Gasteiger partial charge in [-0.05, 0) is 44.5 Å². The third-order valence-electron chi connectivity index (χ3n) is 3.17. The van der Waals surface area contributed by atoms with Gasteiger partial charge in [0.15, 0.2) is 0 Å². The highest BCUT2D eigenvalue weighted by Gasteiger charge is 2.07. The average Bonchev–Trinajstić information content (AvgIpc) is 2.38. The van der Waals surface area contributed by atoms with Crippen molar-refractivity contribution in [2.24, 2.45) is 0 Å². The van der Waals surface area contributed by atoms with Crippen molar-refractivity contribution in [1.29, 1.82) is 0 Å². The second kappa shape index (κ2) is 8.95. The molecule has 4 heteroatoms. The van der Waals surface area contributed by atoms with Gasteiger partial charge >= 0.3 is 0 Å². The normalized spacial score (nSPS) is 12.7. The Hall–Kier alpha value is -1.10. The number of ether oxygens (including phenoxy) is 2. The summed E-state index contributed by atoms with van der Waals surface area (Å²) in [5.41, 5.74) is 2.38. The first-order valence-corrected chi connectivity index (χ1v) is 7.08. The molecule has 0 saturated carbocycles. The lowest BCUT2D eigenvalue weighted by Crippen LogP contribution is -2.33. The molecule has 1 rings (SSSR count). The molecule has 0 bridgehead atoms. The summed E-state index contributed by atoms with van der Waals surface area (Å²) >= 11 is 0. The van der Waals surface area contributed by atoms with Gasteiger partial charge in [0, 0.05) is 20.2 Å². The zero-order chi connectivity index (χ0) is 15.0. The summed E-state index contributed by atoms with van der Waals surface area (Å²) in [6.07, 6.45) is 0.508. The Morgan fingerprint density at radius 3 is 2.75 bits per heavy atom. The molecule has 0 aliphatic carbocycles. The number of aryl methyl sites for hydroxylation is 2. The first-order chi connectivity index (χ1) is 9.52. The lowest BCUT2D eigenvalue weighted by molar-refractivity contribution is 0.0424. The topological polar surface area (TPSA) is 41.9 Å². The van der Waals surface area contributed by atoms with Gasteiger partial charge in [0.05, 0.1) is 19.3 Å². The quantitative estimate of drug-likeness (QED) is 0.703. The van der Waals surface area contributed by atoms with Crippen LogP contribution < -0.4 is 4.74 Å². The largest absolute Gasteiger partial charge is 0.493 e. The van der Waals surface area contributed by atoms with Crippen LogP contribution >= 0.6 is 0 Å². The molecule has 20 heavy (non-hydrogen) atoms. The second-order valence-corrected chi connectivity index (χ2v) is 5.34. The standard InChI is InChI=1S/C16H27NO3/c1-13-6-7-14(2)16(10-13)20-9-5-8-17(3)11-15(18)12-19-4/h6-7,10,15,18H,5,8-9,11-12H2,1-4H3. The number of hydrogen-bond donors (Lipinski definition) is 1. The van der Waals surface area contributed by atoms with Gasteiger partial charge in [-0.3, -0.25) is 0 Å². The van der Waals surface area contributed by atoms with E-state index in [0.29, 0.717) is 19.8 Å². The minimum Gasteiger partial charge on any atom is -0.493 e. The van der Waals surface area contributed by atoms with E-state index in [1.807, 2.05) is 7.05 Å². The molecule has 1 aromatic carbocycles. The van der Waals surface area contributed by atoms with Crippen LogP contribution in [-0.2, 0) is 4.74 Å². The van der Waals surface area contributed by atoms with Crippen molar-refractivity contribution in [3.05, 3.63) is 29.3 Å². The van der Waals surface area contributed by atoms with E-state index in [1.54, 1.807) is 7.11 Å². The van der Waals surface area contributed by atoms with E-state index in [4.69, 9.17) is 9.47 Å². The van der Waals surface area contributed by atoms with E-state index in [2.05, 4.69) is 36.9 Å². The van der Waals surface area contributed by atoms with Crippen molar-refractivity contribution in [3.63, 3.8) is 0 Å². The highest BCUT2D eigenvalue weighted by Crippen LogP contribution is 2.19. The van der Waals surface area contributed by atoms with Crippen LogP contribution in [0.2, 0.25) is 0 Å². The van der Waals surface area contributed by atoms with Crippen LogP contribution in [0.1, 0.15) is 17.5 Å². The third-order valence-corrected chi connectivity index (χ3v) is 3.17. The maximum atomic E-state index is 9.62. The fraction of sp³-hybridized carbons (Fsp3) is 0.625. The molecule has 0 amide bonds. The molecule has 4 nitrogen and oxygen atoms in total. The van der Waals surface area contributed by atoms with Gasteiger partial charge in [-0.1, -0.05) is 12.1 Å². The highest BCUT2D eigenvalue weighted by molar-refractivity contribution is 5.35. The minimum absolute atomic E-state index is 0.378. The molecule has 1 atom stereocenters. The Kier molecular flexibility index (Phi) is 7.59. The monoisotopic (exact) mass is 281 g/mol. The number of aliphatic hydroxyl groups is 1. The molecule has 1 unspecified atom stereocenters. The molecule has 0 heterocycles. The Morgan fingerprint density at radius 2 is 2.05 bits per heavy atom. The van der Waals surface area contributed by atoms with E-state index in [0.717, 1.165) is 18.7 Å². The number of likely N-dealkylation sites (N-methyl/N-ethyl adjacent to an activating group) is 1. The SMILES string of the molecule is COCC(O)CN(C)CCCOc1cc(C)ccc1C. The first-order valence-electron chi connectivity index (χ1n) is 7.08. The fourth-order valence-corrected chi connectivity index (χ4v) is 2.08. The molecule has 0 fully saturated rings. The van der Waals surface area contributed by atoms with E-state index in [9.17, 15) is 5.11 Å². The Bertz CT molecular complexity index is 395. The van der Waals surface area contributed by atoms with Gasteiger partial charge in [-0.25, -0.2) is 0 Å². The van der Waals surface area contributed by atoms with Gasteiger partial charge < -0.3 is 19.5 Å². The molecular weight excluding hydrogens is 254 g/mol. The number of benzene rings is 1. The minimum atomic E-state index is -0.426. The summed E-state index contributed by atoms with van der Waals surface area (Å²) in [6, 6.07) is 6.24. The predicted octanol–water partition coefficient (Wildman–Crippen LogP) is 2.01.